The molecule has 1 aromatic carbocycles. The van der Waals surface area contributed by atoms with E-state index >= 15 is 0 Å². The van der Waals surface area contributed by atoms with Gasteiger partial charge in [0.05, 0.1) is 23.8 Å². The van der Waals surface area contributed by atoms with Crippen LogP contribution in [0.1, 0.15) is 16.8 Å². The van der Waals surface area contributed by atoms with Gasteiger partial charge in [0, 0.05) is 0 Å². The summed E-state index contributed by atoms with van der Waals surface area (Å²) in [7, 11) is 1.67. The first kappa shape index (κ1) is 13.0. The third-order valence-corrected chi connectivity index (χ3v) is 3.86. The molecule has 0 aliphatic heterocycles. The molecule has 4 nitrogen and oxygen atoms in total. The first-order valence-electron chi connectivity index (χ1n) is 5.65. The van der Waals surface area contributed by atoms with E-state index in [4.69, 9.17) is 10.5 Å². The minimum atomic E-state index is 0.654. The lowest BCUT2D eigenvalue weighted by molar-refractivity contribution is 0.411. The predicted octanol–water partition coefficient (Wildman–Crippen LogP) is 2.90. The monoisotopic (exact) mass is 309 g/mol. The smallest absolute Gasteiger partial charge is 0.136 e. The predicted molar refractivity (Wildman–Crippen MR) is 75.9 cm³/mol. The van der Waals surface area contributed by atoms with Crippen molar-refractivity contribution in [3.8, 4) is 5.75 Å². The Morgan fingerprint density at radius 1 is 1.39 bits per heavy atom. The first-order valence-corrected chi connectivity index (χ1v) is 6.44. The molecule has 0 amide bonds. The molecule has 0 aliphatic carbocycles. The highest BCUT2D eigenvalue weighted by Gasteiger charge is 2.10. The summed E-state index contributed by atoms with van der Waals surface area (Å²) in [5.41, 5.74) is 9.13. The Morgan fingerprint density at radius 2 is 2.11 bits per heavy atom. The zero-order valence-corrected chi connectivity index (χ0v) is 12.3. The van der Waals surface area contributed by atoms with Gasteiger partial charge in [0.25, 0.3) is 0 Å². The molecule has 2 rings (SSSR count). The molecule has 0 fully saturated rings. The molecule has 0 saturated carbocycles. The van der Waals surface area contributed by atoms with Gasteiger partial charge in [-0.2, -0.15) is 5.10 Å². The van der Waals surface area contributed by atoms with E-state index in [1.54, 1.807) is 11.8 Å². The summed E-state index contributed by atoms with van der Waals surface area (Å²) in [6.07, 6.45) is 0. The highest BCUT2D eigenvalue weighted by Crippen LogP contribution is 2.24. The second-order valence-electron chi connectivity index (χ2n) is 4.25. The number of halogens is 1. The van der Waals surface area contributed by atoms with Gasteiger partial charge in [0.2, 0.25) is 0 Å². The maximum absolute atomic E-state index is 5.97. The number of aromatic nitrogens is 2. The highest BCUT2D eigenvalue weighted by molar-refractivity contribution is 9.10. The summed E-state index contributed by atoms with van der Waals surface area (Å²) in [6, 6.07) is 6.08. The van der Waals surface area contributed by atoms with Crippen molar-refractivity contribution >= 4 is 21.7 Å². The average molecular weight is 310 g/mol. The number of anilines is 1. The fourth-order valence-corrected chi connectivity index (χ4v) is 2.19. The molecule has 2 N–H and O–H groups in total. The van der Waals surface area contributed by atoms with E-state index < -0.39 is 0 Å². The minimum Gasteiger partial charge on any atom is -0.496 e. The number of nitrogen functional groups attached to an aromatic ring is 1. The van der Waals surface area contributed by atoms with Crippen LogP contribution in [0.25, 0.3) is 0 Å². The number of nitrogens with two attached hydrogens (primary N) is 1. The van der Waals surface area contributed by atoms with Crippen LogP contribution in [0.2, 0.25) is 0 Å². The van der Waals surface area contributed by atoms with Crippen molar-refractivity contribution < 1.29 is 4.74 Å². The molecule has 5 heteroatoms. The molecule has 1 aromatic heterocycles. The summed E-state index contributed by atoms with van der Waals surface area (Å²) in [5.74, 6) is 1.55. The molecule has 2 aromatic rings. The van der Waals surface area contributed by atoms with Gasteiger partial charge in [0.1, 0.15) is 11.6 Å². The number of nitrogens with zero attached hydrogens (tertiary/aromatic N) is 2. The van der Waals surface area contributed by atoms with Gasteiger partial charge in [-0.15, -0.1) is 0 Å². The molecule has 0 radical (unpaired) electrons. The van der Waals surface area contributed by atoms with Crippen LogP contribution in [0.4, 0.5) is 5.82 Å². The van der Waals surface area contributed by atoms with Crippen LogP contribution in [-0.2, 0) is 6.54 Å². The Bertz CT molecular complexity index is 578. The van der Waals surface area contributed by atoms with Gasteiger partial charge < -0.3 is 10.5 Å². The van der Waals surface area contributed by atoms with E-state index in [0.29, 0.717) is 12.4 Å². The molecule has 18 heavy (non-hydrogen) atoms. The molecule has 1 heterocycles. The third kappa shape index (κ3) is 2.36. The second-order valence-corrected chi connectivity index (χ2v) is 5.04. The van der Waals surface area contributed by atoms with Crippen molar-refractivity contribution in [1.82, 2.24) is 9.78 Å². The van der Waals surface area contributed by atoms with Crippen molar-refractivity contribution in [3.05, 3.63) is 39.5 Å². The number of rotatable bonds is 3. The molecule has 0 saturated heterocycles. The summed E-state index contributed by atoms with van der Waals surface area (Å²) in [5, 5.41) is 4.39. The van der Waals surface area contributed by atoms with Crippen LogP contribution >= 0.6 is 15.9 Å². The van der Waals surface area contributed by atoms with E-state index in [-0.39, 0.29) is 0 Å². The Labute approximate surface area is 115 Å². The van der Waals surface area contributed by atoms with Crippen LogP contribution in [-0.4, -0.2) is 16.9 Å². The molecular weight excluding hydrogens is 294 g/mol. The highest BCUT2D eigenvalue weighted by atomic mass is 79.9. The fraction of sp³-hybridized carbons (Fsp3) is 0.308. The number of aryl methyl sites for hydroxylation is 2. The molecular formula is C13H16BrN3O. The van der Waals surface area contributed by atoms with Crippen LogP contribution in [0.3, 0.4) is 0 Å². The first-order chi connectivity index (χ1) is 8.52. The topological polar surface area (TPSA) is 53.1 Å². The van der Waals surface area contributed by atoms with Gasteiger partial charge in [-0.1, -0.05) is 12.1 Å². The molecule has 0 spiro atoms. The fourth-order valence-electron chi connectivity index (χ4n) is 1.91. The quantitative estimate of drug-likeness (QED) is 0.948. The van der Waals surface area contributed by atoms with E-state index in [9.17, 15) is 0 Å². The summed E-state index contributed by atoms with van der Waals surface area (Å²) in [6.45, 7) is 4.61. The summed E-state index contributed by atoms with van der Waals surface area (Å²) in [4.78, 5) is 0. The summed E-state index contributed by atoms with van der Waals surface area (Å²) >= 11 is 3.42. The second kappa shape index (κ2) is 5.02. The van der Waals surface area contributed by atoms with Gasteiger partial charge in [-0.25, -0.2) is 4.68 Å². The Morgan fingerprint density at radius 3 is 2.61 bits per heavy atom. The molecule has 96 valence electrons. The standard InChI is InChI=1S/C13H16BrN3O/c1-8-6-10(4-5-11(8)18-3)7-17-13(15)12(14)9(2)16-17/h4-6H,7,15H2,1-3H3. The van der Waals surface area contributed by atoms with Crippen molar-refractivity contribution in [2.24, 2.45) is 0 Å². The van der Waals surface area contributed by atoms with E-state index in [2.05, 4.69) is 27.1 Å². The van der Waals surface area contributed by atoms with E-state index in [1.807, 2.05) is 26.0 Å². The van der Waals surface area contributed by atoms with Crippen molar-refractivity contribution in [1.29, 1.82) is 0 Å². The average Bonchev–Trinajstić information content (AvgIpc) is 2.57. The van der Waals surface area contributed by atoms with Gasteiger partial charge in [-0.05, 0) is 47.0 Å². The van der Waals surface area contributed by atoms with Gasteiger partial charge in [0.15, 0.2) is 0 Å². The van der Waals surface area contributed by atoms with Crippen molar-refractivity contribution in [3.63, 3.8) is 0 Å². The minimum absolute atomic E-state index is 0.654. The third-order valence-electron chi connectivity index (χ3n) is 2.88. The maximum atomic E-state index is 5.97. The van der Waals surface area contributed by atoms with E-state index in [1.165, 1.54) is 0 Å². The van der Waals surface area contributed by atoms with Crippen molar-refractivity contribution in [2.75, 3.05) is 12.8 Å². The summed E-state index contributed by atoms with van der Waals surface area (Å²) < 4.78 is 7.90. The van der Waals surface area contributed by atoms with Crippen LogP contribution in [0, 0.1) is 13.8 Å². The largest absolute Gasteiger partial charge is 0.496 e. The number of hydrogen-bond donors (Lipinski definition) is 1. The Hall–Kier alpha value is -1.49. The Balaban J connectivity index is 2.28. The molecule has 0 unspecified atom stereocenters. The zero-order valence-electron chi connectivity index (χ0n) is 10.7. The normalized spacial score (nSPS) is 10.7. The van der Waals surface area contributed by atoms with E-state index in [0.717, 1.165) is 27.0 Å². The van der Waals surface area contributed by atoms with Gasteiger partial charge >= 0.3 is 0 Å². The van der Waals surface area contributed by atoms with Gasteiger partial charge in [-0.3, -0.25) is 0 Å². The lowest BCUT2D eigenvalue weighted by Crippen LogP contribution is -2.06. The van der Waals surface area contributed by atoms with Crippen LogP contribution < -0.4 is 10.5 Å². The number of benzene rings is 1. The molecule has 0 bridgehead atoms. The SMILES string of the molecule is COc1ccc(Cn2nc(C)c(Br)c2N)cc1C. The molecule has 0 aliphatic rings. The number of methoxy groups -OCH3 is 1. The molecule has 0 atom stereocenters. The lowest BCUT2D eigenvalue weighted by atomic mass is 10.1. The van der Waals surface area contributed by atoms with Crippen LogP contribution in [0.15, 0.2) is 22.7 Å². The Kier molecular flexibility index (Phi) is 3.61. The van der Waals surface area contributed by atoms with Crippen molar-refractivity contribution in [2.45, 2.75) is 20.4 Å². The zero-order chi connectivity index (χ0) is 13.3. The number of ether oxygens (including phenoxy) is 1. The number of hydrogen-bond acceptors (Lipinski definition) is 3. The lowest BCUT2D eigenvalue weighted by Gasteiger charge is -2.08. The maximum Gasteiger partial charge on any atom is 0.136 e. The van der Waals surface area contributed by atoms with Crippen LogP contribution in [0.5, 0.6) is 5.75 Å².